The van der Waals surface area contributed by atoms with Crippen LogP contribution in [0.5, 0.6) is 5.75 Å². The second-order valence-electron chi connectivity index (χ2n) is 8.67. The Hall–Kier alpha value is -1.60. The Kier molecular flexibility index (Phi) is 6.34. The molecule has 156 valence electrons. The highest BCUT2D eigenvalue weighted by Crippen LogP contribution is 2.34. The van der Waals surface area contributed by atoms with E-state index in [1.54, 1.807) is 12.1 Å². The van der Waals surface area contributed by atoms with Gasteiger partial charge in [0, 0.05) is 17.6 Å². The fourth-order valence-electron chi connectivity index (χ4n) is 4.13. The van der Waals surface area contributed by atoms with Gasteiger partial charge >= 0.3 is 0 Å². The van der Waals surface area contributed by atoms with Gasteiger partial charge < -0.3 is 10.1 Å². The molecule has 2 aliphatic rings. The minimum absolute atomic E-state index is 0.0114. The lowest BCUT2D eigenvalue weighted by atomic mass is 9.74. The molecular weight excluding hydrogens is 376 g/mol. The van der Waals surface area contributed by atoms with Crippen molar-refractivity contribution in [2.24, 2.45) is 17.8 Å². The van der Waals surface area contributed by atoms with Crippen molar-refractivity contribution < 1.29 is 17.9 Å². The van der Waals surface area contributed by atoms with Gasteiger partial charge in [-0.2, -0.15) is 0 Å². The van der Waals surface area contributed by atoms with Gasteiger partial charge in [-0.25, -0.2) is 13.1 Å². The van der Waals surface area contributed by atoms with Gasteiger partial charge in [0.15, 0.2) is 0 Å². The molecular formula is C21H32N2O4S. The summed E-state index contributed by atoms with van der Waals surface area (Å²) in [4.78, 5) is 13.0. The first-order valence-electron chi connectivity index (χ1n) is 10.2. The van der Waals surface area contributed by atoms with Gasteiger partial charge in [-0.3, -0.25) is 4.79 Å². The Labute approximate surface area is 168 Å². The van der Waals surface area contributed by atoms with Crippen LogP contribution in [-0.4, -0.2) is 33.5 Å². The molecule has 0 bridgehead atoms. The first-order chi connectivity index (χ1) is 13.2. The first kappa shape index (κ1) is 21.1. The van der Waals surface area contributed by atoms with Crippen molar-refractivity contribution in [3.05, 3.63) is 23.8 Å². The number of hydrogen-bond acceptors (Lipinski definition) is 4. The van der Waals surface area contributed by atoms with E-state index in [0.717, 1.165) is 25.7 Å². The van der Waals surface area contributed by atoms with Gasteiger partial charge in [0.05, 0.1) is 7.11 Å². The van der Waals surface area contributed by atoms with Crippen molar-refractivity contribution >= 4 is 15.9 Å². The highest BCUT2D eigenvalue weighted by atomic mass is 32.2. The van der Waals surface area contributed by atoms with Gasteiger partial charge in [-0.1, -0.05) is 27.2 Å². The second kappa shape index (κ2) is 8.41. The predicted octanol–water partition coefficient (Wildman–Crippen LogP) is 3.33. The number of benzene rings is 1. The molecule has 3 unspecified atom stereocenters. The lowest BCUT2D eigenvalue weighted by molar-refractivity contribution is 0.0867. The van der Waals surface area contributed by atoms with Crippen LogP contribution in [0.1, 0.15) is 63.2 Å². The van der Waals surface area contributed by atoms with Crippen LogP contribution < -0.4 is 14.8 Å². The molecule has 3 rings (SSSR count). The summed E-state index contributed by atoms with van der Waals surface area (Å²) in [6.45, 7) is 6.61. The monoisotopic (exact) mass is 408 g/mol. The summed E-state index contributed by atoms with van der Waals surface area (Å²) in [5.74, 6) is 1.53. The lowest BCUT2D eigenvalue weighted by Crippen LogP contribution is -2.45. The van der Waals surface area contributed by atoms with Crippen molar-refractivity contribution in [1.29, 1.82) is 0 Å². The maximum atomic E-state index is 12.9. The van der Waals surface area contributed by atoms with Crippen molar-refractivity contribution in [3.8, 4) is 5.75 Å². The molecule has 2 N–H and O–H groups in total. The molecule has 2 fully saturated rings. The molecule has 28 heavy (non-hydrogen) atoms. The number of carbonyl (C=O) groups is 1. The maximum Gasteiger partial charge on any atom is 0.251 e. The highest BCUT2D eigenvalue weighted by molar-refractivity contribution is 7.89. The maximum absolute atomic E-state index is 12.9. The summed E-state index contributed by atoms with van der Waals surface area (Å²) in [5, 5.41) is 3.17. The van der Waals surface area contributed by atoms with Gasteiger partial charge in [0.25, 0.3) is 5.91 Å². The Morgan fingerprint density at radius 2 is 1.89 bits per heavy atom. The normalized spacial score (nSPS) is 25.5. The average Bonchev–Trinajstić information content (AvgIpc) is 3.44. The van der Waals surface area contributed by atoms with E-state index < -0.39 is 10.0 Å². The fourth-order valence-corrected chi connectivity index (χ4v) is 5.63. The Morgan fingerprint density at radius 3 is 2.50 bits per heavy atom. The zero-order chi connectivity index (χ0) is 20.5. The zero-order valence-corrected chi connectivity index (χ0v) is 18.0. The standard InChI is InChI=1S/C21H32N2O4S/c1-13(2)17-9-5-14(3)11-18(17)22-21(24)15-6-10-19(27-4)20(12-15)28(25,26)23-16-7-8-16/h6,10,12-14,16-18,23H,5,7-9,11H2,1-4H3,(H,22,24). The molecule has 6 nitrogen and oxygen atoms in total. The minimum Gasteiger partial charge on any atom is -0.495 e. The van der Waals surface area contributed by atoms with Crippen LogP contribution in [0.2, 0.25) is 0 Å². The SMILES string of the molecule is COc1ccc(C(=O)NC2CC(C)CCC2C(C)C)cc1S(=O)(=O)NC1CC1. The third-order valence-electron chi connectivity index (χ3n) is 5.95. The number of hydrogen-bond donors (Lipinski definition) is 2. The molecule has 1 amide bonds. The van der Waals surface area contributed by atoms with Crippen molar-refractivity contribution in [2.75, 3.05) is 7.11 Å². The van der Waals surface area contributed by atoms with Gasteiger partial charge in [-0.05, 0) is 61.6 Å². The lowest BCUT2D eigenvalue weighted by Gasteiger charge is -2.37. The first-order valence-corrected chi connectivity index (χ1v) is 11.7. The molecule has 0 heterocycles. The van der Waals surface area contributed by atoms with E-state index in [2.05, 4.69) is 30.8 Å². The smallest absolute Gasteiger partial charge is 0.251 e. The molecule has 1 aromatic rings. The molecule has 0 saturated heterocycles. The second-order valence-corrected chi connectivity index (χ2v) is 10.3. The predicted molar refractivity (Wildman–Crippen MR) is 109 cm³/mol. The van der Waals surface area contributed by atoms with E-state index in [1.807, 2.05) is 0 Å². The Morgan fingerprint density at radius 1 is 1.18 bits per heavy atom. The molecule has 2 saturated carbocycles. The number of ether oxygens (including phenoxy) is 1. The molecule has 0 radical (unpaired) electrons. The van der Waals surface area contributed by atoms with Crippen molar-refractivity contribution in [3.63, 3.8) is 0 Å². The number of methoxy groups -OCH3 is 1. The largest absolute Gasteiger partial charge is 0.495 e. The summed E-state index contributed by atoms with van der Waals surface area (Å²) >= 11 is 0. The molecule has 7 heteroatoms. The molecule has 0 aliphatic heterocycles. The summed E-state index contributed by atoms with van der Waals surface area (Å²) < 4.78 is 33.3. The highest BCUT2D eigenvalue weighted by Gasteiger charge is 2.33. The van der Waals surface area contributed by atoms with Crippen LogP contribution in [0.25, 0.3) is 0 Å². The number of rotatable bonds is 7. The molecule has 2 aliphatic carbocycles. The van der Waals surface area contributed by atoms with Crippen LogP contribution in [-0.2, 0) is 10.0 Å². The van der Waals surface area contributed by atoms with Crippen LogP contribution >= 0.6 is 0 Å². The van der Waals surface area contributed by atoms with E-state index in [-0.39, 0.29) is 28.6 Å². The third kappa shape index (κ3) is 4.87. The zero-order valence-electron chi connectivity index (χ0n) is 17.2. The topological polar surface area (TPSA) is 84.5 Å². The molecule has 1 aromatic carbocycles. The minimum atomic E-state index is -3.72. The van der Waals surface area contributed by atoms with Gasteiger partial charge in [0.2, 0.25) is 10.0 Å². The summed E-state index contributed by atoms with van der Waals surface area (Å²) in [6, 6.07) is 4.71. The Balaban J connectivity index is 1.82. The quantitative estimate of drug-likeness (QED) is 0.725. The average molecular weight is 409 g/mol. The third-order valence-corrected chi connectivity index (χ3v) is 7.49. The number of nitrogens with one attached hydrogen (secondary N) is 2. The van der Waals surface area contributed by atoms with Gasteiger partial charge in [-0.15, -0.1) is 0 Å². The van der Waals surface area contributed by atoms with Crippen LogP contribution in [0.15, 0.2) is 23.1 Å². The van der Waals surface area contributed by atoms with Crippen molar-refractivity contribution in [1.82, 2.24) is 10.0 Å². The molecule has 0 aromatic heterocycles. The van der Waals surface area contributed by atoms with Crippen LogP contribution in [0.3, 0.4) is 0 Å². The van der Waals surface area contributed by atoms with E-state index in [9.17, 15) is 13.2 Å². The molecule has 0 spiro atoms. The Bertz CT molecular complexity index is 818. The summed E-state index contributed by atoms with van der Waals surface area (Å²) in [7, 11) is -2.28. The van der Waals surface area contributed by atoms with E-state index in [0.29, 0.717) is 23.3 Å². The number of amides is 1. The van der Waals surface area contributed by atoms with E-state index in [1.165, 1.54) is 19.6 Å². The fraction of sp³-hybridized carbons (Fsp3) is 0.667. The van der Waals surface area contributed by atoms with E-state index in [4.69, 9.17) is 4.74 Å². The van der Waals surface area contributed by atoms with Crippen LogP contribution in [0, 0.1) is 17.8 Å². The number of sulfonamides is 1. The van der Waals surface area contributed by atoms with Crippen molar-refractivity contribution in [2.45, 2.75) is 69.9 Å². The summed E-state index contributed by atoms with van der Waals surface area (Å²) in [6.07, 6.45) is 4.94. The van der Waals surface area contributed by atoms with Gasteiger partial charge in [0.1, 0.15) is 10.6 Å². The van der Waals surface area contributed by atoms with Crippen LogP contribution in [0.4, 0.5) is 0 Å². The number of carbonyl (C=O) groups excluding carboxylic acids is 1. The summed E-state index contributed by atoms with van der Waals surface area (Å²) in [5.41, 5.74) is 0.345. The van der Waals surface area contributed by atoms with E-state index >= 15 is 0 Å². The molecule has 3 atom stereocenters.